The van der Waals surface area contributed by atoms with Gasteiger partial charge in [0.15, 0.2) is 6.61 Å². The third-order valence-corrected chi connectivity index (χ3v) is 5.78. The number of nitrogens with zero attached hydrogens (tertiary/aromatic N) is 3. The van der Waals surface area contributed by atoms with Gasteiger partial charge in [-0.05, 0) is 88.6 Å². The first-order chi connectivity index (χ1) is 16.6. The fourth-order valence-corrected chi connectivity index (χ4v) is 4.04. The van der Waals surface area contributed by atoms with E-state index in [0.29, 0.717) is 15.8 Å². The van der Waals surface area contributed by atoms with Gasteiger partial charge in [-0.1, -0.05) is 30.3 Å². The highest BCUT2D eigenvalue weighted by atomic mass is 79.9. The molecule has 4 rings (SSSR count). The van der Waals surface area contributed by atoms with E-state index in [1.54, 1.807) is 36.5 Å². The number of carbonyl (C=O) groups is 1. The molecule has 168 valence electrons. The predicted octanol–water partition coefficient (Wildman–Crippen LogP) is 5.88. The van der Waals surface area contributed by atoms with Gasteiger partial charge in [0.1, 0.15) is 11.8 Å². The first-order valence-electron chi connectivity index (χ1n) is 10.5. The minimum absolute atomic E-state index is 0.0294. The molecule has 0 aliphatic heterocycles. The summed E-state index contributed by atoms with van der Waals surface area (Å²) in [6.07, 6.45) is 1.54. The number of nitrogens with one attached hydrogen (secondary N) is 1. The molecule has 3 aromatic carbocycles. The van der Waals surface area contributed by atoms with Gasteiger partial charge in [-0.2, -0.15) is 10.4 Å². The van der Waals surface area contributed by atoms with E-state index in [1.165, 1.54) is 0 Å². The number of nitriles is 1. The summed E-state index contributed by atoms with van der Waals surface area (Å²) in [7, 11) is 0. The molecule has 0 atom stereocenters. The SMILES string of the molecule is Cc1ccc(-c2ccccc2)n1-c1ccc(C(=O)N/N=C/c2ccc(OCC#N)c(Br)c2)cc1. The summed E-state index contributed by atoms with van der Waals surface area (Å²) in [6, 6.07) is 29.0. The second-order valence-corrected chi connectivity index (χ2v) is 8.30. The van der Waals surface area contributed by atoms with Crippen LogP contribution >= 0.6 is 15.9 Å². The number of hydrogen-bond donors (Lipinski definition) is 1. The van der Waals surface area contributed by atoms with E-state index in [2.05, 4.69) is 62.2 Å². The Morgan fingerprint density at radius 3 is 2.56 bits per heavy atom. The fourth-order valence-electron chi connectivity index (χ4n) is 3.53. The average molecular weight is 513 g/mol. The van der Waals surface area contributed by atoms with Gasteiger partial charge in [-0.25, -0.2) is 5.43 Å². The number of aromatic nitrogens is 1. The number of ether oxygens (including phenoxy) is 1. The Bertz CT molecular complexity index is 1370. The van der Waals surface area contributed by atoms with Gasteiger partial charge in [-0.15, -0.1) is 0 Å². The number of halogens is 1. The minimum atomic E-state index is -0.302. The first-order valence-corrected chi connectivity index (χ1v) is 11.3. The molecule has 0 saturated heterocycles. The monoisotopic (exact) mass is 512 g/mol. The highest BCUT2D eigenvalue weighted by Crippen LogP contribution is 2.27. The van der Waals surface area contributed by atoms with Gasteiger partial charge < -0.3 is 9.30 Å². The number of benzene rings is 3. The molecule has 0 saturated carbocycles. The molecule has 0 aliphatic carbocycles. The number of hydrazone groups is 1. The molecule has 34 heavy (non-hydrogen) atoms. The highest BCUT2D eigenvalue weighted by molar-refractivity contribution is 9.10. The normalized spacial score (nSPS) is 10.7. The van der Waals surface area contributed by atoms with Gasteiger partial charge >= 0.3 is 0 Å². The molecule has 1 heterocycles. The van der Waals surface area contributed by atoms with Gasteiger partial charge in [0, 0.05) is 16.9 Å². The van der Waals surface area contributed by atoms with Gasteiger partial charge in [0.05, 0.1) is 16.4 Å². The van der Waals surface area contributed by atoms with Crippen LogP contribution < -0.4 is 10.2 Å². The van der Waals surface area contributed by atoms with Gasteiger partial charge in [0.25, 0.3) is 5.91 Å². The van der Waals surface area contributed by atoms with Crippen molar-refractivity contribution in [3.8, 4) is 28.8 Å². The number of rotatable bonds is 7. The number of hydrogen-bond acceptors (Lipinski definition) is 4. The van der Waals surface area contributed by atoms with Crippen molar-refractivity contribution in [3.63, 3.8) is 0 Å². The summed E-state index contributed by atoms with van der Waals surface area (Å²) in [4.78, 5) is 12.5. The van der Waals surface area contributed by atoms with Crippen molar-refractivity contribution in [1.29, 1.82) is 5.26 Å². The van der Waals surface area contributed by atoms with Crippen molar-refractivity contribution >= 4 is 28.1 Å². The molecular formula is C27H21BrN4O2. The van der Waals surface area contributed by atoms with Crippen molar-refractivity contribution in [1.82, 2.24) is 9.99 Å². The molecule has 0 fully saturated rings. The molecule has 6 nitrogen and oxygen atoms in total. The van der Waals surface area contributed by atoms with E-state index in [0.717, 1.165) is 28.2 Å². The topological polar surface area (TPSA) is 79.4 Å². The summed E-state index contributed by atoms with van der Waals surface area (Å²) in [5.41, 5.74) is 8.13. The van der Waals surface area contributed by atoms with Gasteiger partial charge in [0.2, 0.25) is 0 Å². The maximum atomic E-state index is 12.5. The van der Waals surface area contributed by atoms with Crippen LogP contribution in [0.1, 0.15) is 21.6 Å². The Kier molecular flexibility index (Phi) is 7.21. The van der Waals surface area contributed by atoms with Crippen LogP contribution in [0.15, 0.2) is 94.5 Å². The molecule has 0 unspecified atom stereocenters. The molecule has 1 N–H and O–H groups in total. The van der Waals surface area contributed by atoms with Crippen molar-refractivity contribution in [3.05, 3.63) is 106 Å². The van der Waals surface area contributed by atoms with E-state index in [1.807, 2.05) is 36.4 Å². The summed E-state index contributed by atoms with van der Waals surface area (Å²) in [5, 5.41) is 12.7. The lowest BCUT2D eigenvalue weighted by Crippen LogP contribution is -2.17. The molecular weight excluding hydrogens is 492 g/mol. The molecule has 0 bridgehead atoms. The third kappa shape index (κ3) is 5.25. The maximum Gasteiger partial charge on any atom is 0.271 e. The summed E-state index contributed by atoms with van der Waals surface area (Å²) in [5.74, 6) is 0.263. The maximum absolute atomic E-state index is 12.5. The molecule has 1 aromatic heterocycles. The Hall–Kier alpha value is -4.15. The molecule has 4 aromatic rings. The van der Waals surface area contributed by atoms with Crippen molar-refractivity contribution in [2.45, 2.75) is 6.92 Å². The largest absolute Gasteiger partial charge is 0.478 e. The van der Waals surface area contributed by atoms with Crippen molar-refractivity contribution in [2.24, 2.45) is 5.10 Å². The van der Waals surface area contributed by atoms with Crippen molar-refractivity contribution in [2.75, 3.05) is 6.61 Å². The zero-order chi connectivity index (χ0) is 23.9. The van der Waals surface area contributed by atoms with Crippen LogP contribution in [0.4, 0.5) is 0 Å². The van der Waals surface area contributed by atoms with Crippen LogP contribution in [-0.2, 0) is 0 Å². The second-order valence-electron chi connectivity index (χ2n) is 7.44. The van der Waals surface area contributed by atoms with Crippen LogP contribution in [0, 0.1) is 18.3 Å². The standard InChI is InChI=1S/C27H21BrN4O2/c1-19-7-13-25(21-5-3-2-4-6-21)32(19)23-11-9-22(10-12-23)27(33)31-30-18-20-8-14-26(24(28)17-20)34-16-15-29/h2-14,17-18H,16H2,1H3,(H,31,33)/b30-18+. The van der Waals surface area contributed by atoms with E-state index in [9.17, 15) is 4.79 Å². The molecule has 7 heteroatoms. The van der Waals surface area contributed by atoms with Crippen LogP contribution in [0.5, 0.6) is 5.75 Å². The summed E-state index contributed by atoms with van der Waals surface area (Å²) in [6.45, 7) is 2.03. The Labute approximate surface area is 206 Å². The fraction of sp³-hybridized carbons (Fsp3) is 0.0741. The highest BCUT2D eigenvalue weighted by Gasteiger charge is 2.11. The second kappa shape index (κ2) is 10.6. The Morgan fingerprint density at radius 2 is 1.85 bits per heavy atom. The van der Waals surface area contributed by atoms with Crippen LogP contribution in [0.2, 0.25) is 0 Å². The van der Waals surface area contributed by atoms with E-state index in [-0.39, 0.29) is 12.5 Å². The third-order valence-electron chi connectivity index (χ3n) is 5.16. The van der Waals surface area contributed by atoms with E-state index in [4.69, 9.17) is 10.00 Å². The predicted molar refractivity (Wildman–Crippen MR) is 136 cm³/mol. The average Bonchev–Trinajstić information content (AvgIpc) is 3.25. The first kappa shape index (κ1) is 23.0. The smallest absolute Gasteiger partial charge is 0.271 e. The Balaban J connectivity index is 1.44. The lowest BCUT2D eigenvalue weighted by atomic mass is 10.1. The van der Waals surface area contributed by atoms with E-state index >= 15 is 0 Å². The number of amides is 1. The quantitative estimate of drug-likeness (QED) is 0.248. The summed E-state index contributed by atoms with van der Waals surface area (Å²) < 4.78 is 8.16. The lowest BCUT2D eigenvalue weighted by molar-refractivity contribution is 0.0955. The van der Waals surface area contributed by atoms with E-state index < -0.39 is 0 Å². The zero-order valence-electron chi connectivity index (χ0n) is 18.4. The number of carbonyl (C=O) groups excluding carboxylic acids is 1. The van der Waals surface area contributed by atoms with Crippen LogP contribution in [-0.4, -0.2) is 23.3 Å². The molecule has 0 aliphatic rings. The molecule has 0 spiro atoms. The van der Waals surface area contributed by atoms with Crippen LogP contribution in [0.25, 0.3) is 16.9 Å². The summed E-state index contributed by atoms with van der Waals surface area (Å²) >= 11 is 3.40. The lowest BCUT2D eigenvalue weighted by Gasteiger charge is -2.12. The molecule has 1 amide bonds. The minimum Gasteiger partial charge on any atom is -0.478 e. The Morgan fingerprint density at radius 1 is 1.09 bits per heavy atom. The van der Waals surface area contributed by atoms with Crippen LogP contribution in [0.3, 0.4) is 0 Å². The van der Waals surface area contributed by atoms with Crippen molar-refractivity contribution < 1.29 is 9.53 Å². The molecule has 0 radical (unpaired) electrons. The zero-order valence-corrected chi connectivity index (χ0v) is 20.0. The van der Waals surface area contributed by atoms with Gasteiger partial charge in [-0.3, -0.25) is 4.79 Å². The number of aryl methyl sites for hydroxylation is 1.